The van der Waals surface area contributed by atoms with E-state index in [4.69, 9.17) is 4.74 Å². The Balaban J connectivity index is 2.73. The predicted octanol–water partition coefficient (Wildman–Crippen LogP) is 3.83. The van der Waals surface area contributed by atoms with Crippen molar-refractivity contribution in [2.75, 3.05) is 0 Å². The Morgan fingerprint density at radius 3 is 2.25 bits per heavy atom. The van der Waals surface area contributed by atoms with Gasteiger partial charge < -0.3 is 15.2 Å². The zero-order valence-corrected chi connectivity index (χ0v) is 15.9. The van der Waals surface area contributed by atoms with Crippen molar-refractivity contribution in [3.8, 4) is 0 Å². The minimum Gasteiger partial charge on any atom is -0.444 e. The van der Waals surface area contributed by atoms with Gasteiger partial charge in [-0.15, -0.1) is 0 Å². The Labute approximate surface area is 146 Å². The van der Waals surface area contributed by atoms with E-state index in [9.17, 15) is 14.7 Å². The Kier molecular flexibility index (Phi) is 8.20. The molecule has 2 unspecified atom stereocenters. The quantitative estimate of drug-likeness (QED) is 0.738. The number of alkyl carbamates (subject to hydrolysis) is 1. The predicted molar refractivity (Wildman–Crippen MR) is 94.8 cm³/mol. The molecular formula is C19H35NO4. The molecule has 0 bridgehead atoms. The summed E-state index contributed by atoms with van der Waals surface area (Å²) < 4.78 is 5.30. The van der Waals surface area contributed by atoms with Gasteiger partial charge in [0.15, 0.2) is 5.78 Å². The number of amides is 1. The molecule has 0 aromatic rings. The molecule has 5 heteroatoms. The highest BCUT2D eigenvalue weighted by Gasteiger charge is 2.31. The van der Waals surface area contributed by atoms with Gasteiger partial charge in [0.1, 0.15) is 11.7 Å². The molecule has 1 aliphatic carbocycles. The Morgan fingerprint density at radius 1 is 1.17 bits per heavy atom. The van der Waals surface area contributed by atoms with Crippen molar-refractivity contribution < 1.29 is 19.4 Å². The fourth-order valence-electron chi connectivity index (χ4n) is 3.26. The molecule has 24 heavy (non-hydrogen) atoms. The maximum atomic E-state index is 12.3. The summed E-state index contributed by atoms with van der Waals surface area (Å²) in [5, 5.41) is 13.2. The second kappa shape index (κ2) is 9.40. The standard InChI is InChI=1S/C19H35NO4/c1-13(2)11-16(21)17(22)15(12-14-9-7-6-8-10-14)20-18(23)24-19(3,4)5/h13-15,17,22H,6-12H2,1-5H3,(H,20,23). The zero-order valence-electron chi connectivity index (χ0n) is 15.9. The zero-order chi connectivity index (χ0) is 18.3. The van der Waals surface area contributed by atoms with E-state index in [1.807, 2.05) is 13.8 Å². The summed E-state index contributed by atoms with van der Waals surface area (Å²) in [7, 11) is 0. The maximum absolute atomic E-state index is 12.3. The van der Waals surface area contributed by atoms with Crippen molar-refractivity contribution in [2.45, 2.75) is 97.3 Å². The van der Waals surface area contributed by atoms with Crippen LogP contribution in [0.4, 0.5) is 4.79 Å². The largest absolute Gasteiger partial charge is 0.444 e. The minimum atomic E-state index is -1.16. The summed E-state index contributed by atoms with van der Waals surface area (Å²) in [6, 6.07) is -0.575. The van der Waals surface area contributed by atoms with Crippen LogP contribution in [0.2, 0.25) is 0 Å². The molecule has 0 aliphatic heterocycles. The van der Waals surface area contributed by atoms with Crippen LogP contribution in [0.5, 0.6) is 0 Å². The van der Waals surface area contributed by atoms with E-state index >= 15 is 0 Å². The molecule has 0 aromatic heterocycles. The Hall–Kier alpha value is -1.10. The molecular weight excluding hydrogens is 306 g/mol. The smallest absolute Gasteiger partial charge is 0.407 e. The summed E-state index contributed by atoms with van der Waals surface area (Å²) in [6.45, 7) is 9.28. The molecule has 1 aliphatic rings. The molecule has 5 nitrogen and oxygen atoms in total. The van der Waals surface area contributed by atoms with Gasteiger partial charge >= 0.3 is 6.09 Å². The van der Waals surface area contributed by atoms with Gasteiger partial charge in [-0.05, 0) is 39.0 Å². The molecule has 0 aromatic carbocycles. The van der Waals surface area contributed by atoms with Gasteiger partial charge in [-0.2, -0.15) is 0 Å². The average Bonchev–Trinajstić information content (AvgIpc) is 2.44. The number of Topliss-reactive ketones (excluding diaryl/α,β-unsaturated/α-hetero) is 1. The SMILES string of the molecule is CC(C)CC(=O)C(O)C(CC1CCCCC1)NC(=O)OC(C)(C)C. The lowest BCUT2D eigenvalue weighted by Gasteiger charge is -2.30. The molecule has 2 atom stereocenters. The first-order valence-corrected chi connectivity index (χ1v) is 9.28. The fraction of sp³-hybridized carbons (Fsp3) is 0.895. The monoisotopic (exact) mass is 341 g/mol. The summed E-state index contributed by atoms with van der Waals surface area (Å²) >= 11 is 0. The Morgan fingerprint density at radius 2 is 1.75 bits per heavy atom. The highest BCUT2D eigenvalue weighted by molar-refractivity contribution is 5.84. The second-order valence-electron chi connectivity index (χ2n) is 8.50. The number of rotatable bonds is 7. The molecule has 1 fully saturated rings. The van der Waals surface area contributed by atoms with Crippen molar-refractivity contribution in [3.63, 3.8) is 0 Å². The number of carbonyl (C=O) groups excluding carboxylic acids is 2. The van der Waals surface area contributed by atoms with Crippen LogP contribution in [0.3, 0.4) is 0 Å². The third kappa shape index (κ3) is 8.13. The van der Waals surface area contributed by atoms with E-state index < -0.39 is 23.8 Å². The van der Waals surface area contributed by atoms with Crippen molar-refractivity contribution in [2.24, 2.45) is 11.8 Å². The van der Waals surface area contributed by atoms with E-state index in [1.54, 1.807) is 20.8 Å². The molecule has 0 radical (unpaired) electrons. The van der Waals surface area contributed by atoms with Crippen LogP contribution >= 0.6 is 0 Å². The number of aliphatic hydroxyl groups is 1. The molecule has 1 rings (SSSR count). The lowest BCUT2D eigenvalue weighted by Crippen LogP contribution is -2.49. The molecule has 0 heterocycles. The van der Waals surface area contributed by atoms with Crippen LogP contribution in [-0.4, -0.2) is 34.7 Å². The van der Waals surface area contributed by atoms with Gasteiger partial charge in [0.25, 0.3) is 0 Å². The van der Waals surface area contributed by atoms with Crippen LogP contribution < -0.4 is 5.32 Å². The van der Waals surface area contributed by atoms with E-state index in [0.717, 1.165) is 12.8 Å². The first kappa shape index (κ1) is 20.9. The maximum Gasteiger partial charge on any atom is 0.407 e. The first-order valence-electron chi connectivity index (χ1n) is 9.28. The van der Waals surface area contributed by atoms with Crippen LogP contribution in [0.25, 0.3) is 0 Å². The molecule has 140 valence electrons. The summed E-state index contributed by atoms with van der Waals surface area (Å²) in [5.74, 6) is 0.422. The number of aliphatic hydroxyl groups excluding tert-OH is 1. The van der Waals surface area contributed by atoms with Crippen molar-refractivity contribution in [1.29, 1.82) is 0 Å². The van der Waals surface area contributed by atoms with Gasteiger partial charge in [-0.3, -0.25) is 4.79 Å². The number of hydrogen-bond donors (Lipinski definition) is 2. The first-order chi connectivity index (χ1) is 11.1. The lowest BCUT2D eigenvalue weighted by atomic mass is 9.83. The number of hydrogen-bond acceptors (Lipinski definition) is 4. The number of nitrogens with one attached hydrogen (secondary N) is 1. The summed E-state index contributed by atoms with van der Waals surface area (Å²) in [4.78, 5) is 24.4. The fourth-order valence-corrected chi connectivity index (χ4v) is 3.26. The second-order valence-corrected chi connectivity index (χ2v) is 8.50. The number of ketones is 1. The van der Waals surface area contributed by atoms with Gasteiger partial charge in [-0.25, -0.2) is 4.79 Å². The molecule has 2 N–H and O–H groups in total. The normalized spacial score (nSPS) is 19.0. The van der Waals surface area contributed by atoms with Gasteiger partial charge in [0.05, 0.1) is 6.04 Å². The van der Waals surface area contributed by atoms with E-state index in [1.165, 1.54) is 19.3 Å². The molecule has 0 saturated heterocycles. The minimum absolute atomic E-state index is 0.184. The molecule has 1 saturated carbocycles. The van der Waals surface area contributed by atoms with Crippen molar-refractivity contribution in [3.05, 3.63) is 0 Å². The lowest BCUT2D eigenvalue weighted by molar-refractivity contribution is -0.129. The Bertz CT molecular complexity index is 408. The summed E-state index contributed by atoms with van der Waals surface area (Å²) in [6.07, 6.45) is 5.01. The molecule has 1 amide bonds. The highest BCUT2D eigenvalue weighted by atomic mass is 16.6. The average molecular weight is 341 g/mol. The number of ether oxygens (including phenoxy) is 1. The third-order valence-corrected chi connectivity index (χ3v) is 4.33. The third-order valence-electron chi connectivity index (χ3n) is 4.33. The highest BCUT2D eigenvalue weighted by Crippen LogP contribution is 2.28. The van der Waals surface area contributed by atoms with E-state index in [0.29, 0.717) is 18.8 Å². The topological polar surface area (TPSA) is 75.6 Å². The van der Waals surface area contributed by atoms with E-state index in [-0.39, 0.29) is 11.7 Å². The van der Waals surface area contributed by atoms with Crippen LogP contribution in [-0.2, 0) is 9.53 Å². The van der Waals surface area contributed by atoms with E-state index in [2.05, 4.69) is 5.32 Å². The van der Waals surface area contributed by atoms with Crippen LogP contribution in [0.15, 0.2) is 0 Å². The summed E-state index contributed by atoms with van der Waals surface area (Å²) in [5.41, 5.74) is -0.605. The van der Waals surface area contributed by atoms with Gasteiger partial charge in [-0.1, -0.05) is 46.0 Å². The van der Waals surface area contributed by atoms with Crippen molar-refractivity contribution in [1.82, 2.24) is 5.32 Å². The van der Waals surface area contributed by atoms with Gasteiger partial charge in [0, 0.05) is 6.42 Å². The van der Waals surface area contributed by atoms with Gasteiger partial charge in [0.2, 0.25) is 0 Å². The van der Waals surface area contributed by atoms with Crippen molar-refractivity contribution >= 4 is 11.9 Å². The number of carbonyl (C=O) groups is 2. The van der Waals surface area contributed by atoms with Crippen LogP contribution in [0.1, 0.15) is 79.6 Å². The van der Waals surface area contributed by atoms with Crippen LogP contribution in [0, 0.1) is 11.8 Å². The molecule has 0 spiro atoms.